The third-order valence-corrected chi connectivity index (χ3v) is 4.43. The van der Waals surface area contributed by atoms with Gasteiger partial charge in [-0.1, -0.05) is 18.0 Å². The molecule has 26 heavy (non-hydrogen) atoms. The lowest BCUT2D eigenvalue weighted by molar-refractivity contribution is 0.270. The SMILES string of the molecule is Cl.NC1(c2noc(-c3ccc(COc4ccc(F)cc4)o3)n2)CCCC1. The van der Waals surface area contributed by atoms with E-state index < -0.39 is 5.54 Å². The molecule has 1 aliphatic carbocycles. The molecule has 0 bridgehead atoms. The molecule has 0 radical (unpaired) electrons. The van der Waals surface area contributed by atoms with Crippen molar-refractivity contribution in [3.63, 3.8) is 0 Å². The third-order valence-electron chi connectivity index (χ3n) is 4.43. The Hall–Kier alpha value is -2.38. The van der Waals surface area contributed by atoms with Crippen LogP contribution in [0.3, 0.4) is 0 Å². The number of nitrogens with zero attached hydrogens (tertiary/aromatic N) is 2. The molecule has 3 aromatic rings. The molecule has 0 atom stereocenters. The van der Waals surface area contributed by atoms with E-state index in [1.807, 2.05) is 0 Å². The third kappa shape index (κ3) is 3.73. The van der Waals surface area contributed by atoms with Gasteiger partial charge < -0.3 is 19.4 Å². The Morgan fingerprint density at radius 2 is 1.85 bits per heavy atom. The maximum absolute atomic E-state index is 12.9. The van der Waals surface area contributed by atoms with Gasteiger partial charge >= 0.3 is 0 Å². The molecule has 2 N–H and O–H groups in total. The van der Waals surface area contributed by atoms with Crippen molar-refractivity contribution in [3.05, 3.63) is 53.8 Å². The largest absolute Gasteiger partial charge is 0.486 e. The van der Waals surface area contributed by atoms with E-state index in [0.717, 1.165) is 25.7 Å². The first-order chi connectivity index (χ1) is 12.1. The molecule has 1 saturated carbocycles. The van der Waals surface area contributed by atoms with Crippen LogP contribution in [0.1, 0.15) is 37.3 Å². The summed E-state index contributed by atoms with van der Waals surface area (Å²) >= 11 is 0. The minimum absolute atomic E-state index is 0. The van der Waals surface area contributed by atoms with Crippen molar-refractivity contribution in [2.75, 3.05) is 0 Å². The van der Waals surface area contributed by atoms with E-state index in [1.54, 1.807) is 24.3 Å². The normalized spacial score (nSPS) is 15.6. The van der Waals surface area contributed by atoms with Crippen LogP contribution in [0.4, 0.5) is 4.39 Å². The van der Waals surface area contributed by atoms with E-state index in [4.69, 9.17) is 19.4 Å². The fourth-order valence-electron chi connectivity index (χ4n) is 3.01. The average molecular weight is 380 g/mol. The molecule has 6 nitrogen and oxygen atoms in total. The van der Waals surface area contributed by atoms with Gasteiger partial charge in [-0.2, -0.15) is 4.98 Å². The number of nitrogens with two attached hydrogens (primary N) is 1. The number of ether oxygens (including phenoxy) is 1. The first-order valence-electron chi connectivity index (χ1n) is 8.23. The summed E-state index contributed by atoms with van der Waals surface area (Å²) in [7, 11) is 0. The van der Waals surface area contributed by atoms with Gasteiger partial charge in [-0.15, -0.1) is 12.4 Å². The summed E-state index contributed by atoms with van der Waals surface area (Å²) in [6.45, 7) is 0.216. The Morgan fingerprint density at radius 3 is 2.58 bits per heavy atom. The first-order valence-corrected chi connectivity index (χ1v) is 8.23. The lowest BCUT2D eigenvalue weighted by Gasteiger charge is -2.17. The number of benzene rings is 1. The van der Waals surface area contributed by atoms with E-state index in [1.165, 1.54) is 12.1 Å². The smallest absolute Gasteiger partial charge is 0.293 e. The van der Waals surface area contributed by atoms with Gasteiger partial charge in [-0.25, -0.2) is 4.39 Å². The molecule has 4 rings (SSSR count). The van der Waals surface area contributed by atoms with Gasteiger partial charge in [-0.3, -0.25) is 0 Å². The second-order valence-corrected chi connectivity index (χ2v) is 6.29. The molecule has 0 saturated heterocycles. The van der Waals surface area contributed by atoms with Crippen LogP contribution in [0.2, 0.25) is 0 Å². The van der Waals surface area contributed by atoms with Crippen molar-refractivity contribution in [1.82, 2.24) is 10.1 Å². The second kappa shape index (κ2) is 7.47. The highest BCUT2D eigenvalue weighted by molar-refractivity contribution is 5.85. The lowest BCUT2D eigenvalue weighted by Crippen LogP contribution is -2.34. The molecule has 0 aliphatic heterocycles. The van der Waals surface area contributed by atoms with Crippen LogP contribution < -0.4 is 10.5 Å². The van der Waals surface area contributed by atoms with E-state index in [2.05, 4.69) is 10.1 Å². The van der Waals surface area contributed by atoms with Crippen molar-refractivity contribution < 1.29 is 18.1 Å². The van der Waals surface area contributed by atoms with Crippen molar-refractivity contribution in [2.24, 2.45) is 5.73 Å². The van der Waals surface area contributed by atoms with Gasteiger partial charge in [0.15, 0.2) is 11.6 Å². The van der Waals surface area contributed by atoms with E-state index in [-0.39, 0.29) is 24.8 Å². The highest BCUT2D eigenvalue weighted by Gasteiger charge is 2.36. The monoisotopic (exact) mass is 379 g/mol. The summed E-state index contributed by atoms with van der Waals surface area (Å²) < 4.78 is 29.4. The van der Waals surface area contributed by atoms with Crippen LogP contribution in [-0.4, -0.2) is 10.1 Å². The maximum Gasteiger partial charge on any atom is 0.293 e. The van der Waals surface area contributed by atoms with Crippen molar-refractivity contribution in [3.8, 4) is 17.4 Å². The summed E-state index contributed by atoms with van der Waals surface area (Å²) in [5, 5.41) is 4.02. The summed E-state index contributed by atoms with van der Waals surface area (Å²) in [4.78, 5) is 4.40. The Balaban J connectivity index is 0.00000196. The molecule has 8 heteroatoms. The molecular weight excluding hydrogens is 361 g/mol. The molecule has 2 aromatic heterocycles. The number of furan rings is 1. The number of hydrogen-bond donors (Lipinski definition) is 1. The highest BCUT2D eigenvalue weighted by Crippen LogP contribution is 2.35. The molecule has 138 valence electrons. The fourth-order valence-corrected chi connectivity index (χ4v) is 3.01. The van der Waals surface area contributed by atoms with Gasteiger partial charge in [0.25, 0.3) is 5.89 Å². The number of halogens is 2. The zero-order valence-electron chi connectivity index (χ0n) is 14.0. The summed E-state index contributed by atoms with van der Waals surface area (Å²) in [5.41, 5.74) is 5.84. The maximum atomic E-state index is 12.9. The molecule has 2 heterocycles. The van der Waals surface area contributed by atoms with Crippen LogP contribution in [0, 0.1) is 5.82 Å². The minimum Gasteiger partial charge on any atom is -0.486 e. The second-order valence-electron chi connectivity index (χ2n) is 6.29. The Morgan fingerprint density at radius 1 is 1.12 bits per heavy atom. The van der Waals surface area contributed by atoms with Crippen LogP contribution >= 0.6 is 12.4 Å². The topological polar surface area (TPSA) is 87.3 Å². The van der Waals surface area contributed by atoms with Crippen LogP contribution in [0.15, 0.2) is 45.3 Å². The summed E-state index contributed by atoms with van der Waals surface area (Å²) in [5.74, 6) is 2.16. The number of hydrogen-bond acceptors (Lipinski definition) is 6. The molecular formula is C18H19ClFN3O3. The van der Waals surface area contributed by atoms with Gasteiger partial charge in [0.2, 0.25) is 0 Å². The van der Waals surface area contributed by atoms with Crippen molar-refractivity contribution >= 4 is 12.4 Å². The number of rotatable bonds is 5. The van der Waals surface area contributed by atoms with Crippen LogP contribution in [0.5, 0.6) is 5.75 Å². The fraction of sp³-hybridized carbons (Fsp3) is 0.333. The molecule has 1 fully saturated rings. The molecule has 0 spiro atoms. The van der Waals surface area contributed by atoms with Crippen LogP contribution in [0.25, 0.3) is 11.7 Å². The molecule has 0 amide bonds. The minimum atomic E-state index is -0.497. The molecule has 1 aliphatic rings. The van der Waals surface area contributed by atoms with Gasteiger partial charge in [0, 0.05) is 0 Å². The average Bonchev–Trinajstić information content (AvgIpc) is 3.35. The Labute approximate surface area is 155 Å². The van der Waals surface area contributed by atoms with Crippen molar-refractivity contribution in [1.29, 1.82) is 0 Å². The summed E-state index contributed by atoms with van der Waals surface area (Å²) in [6, 6.07) is 9.33. The zero-order valence-corrected chi connectivity index (χ0v) is 14.8. The standard InChI is InChI=1S/C18H18FN3O3.ClH/c19-12-3-5-13(6-4-12)23-11-14-7-8-15(24-14)16-21-17(22-25-16)18(20)9-1-2-10-18;/h3-8H,1-2,9-11,20H2;1H. The highest BCUT2D eigenvalue weighted by atomic mass is 35.5. The molecule has 1 aromatic carbocycles. The zero-order chi connectivity index (χ0) is 17.3. The molecule has 0 unspecified atom stereocenters. The van der Waals surface area contributed by atoms with E-state index >= 15 is 0 Å². The van der Waals surface area contributed by atoms with Crippen molar-refractivity contribution in [2.45, 2.75) is 37.8 Å². The van der Waals surface area contributed by atoms with Gasteiger partial charge in [0.1, 0.15) is 23.9 Å². The predicted molar refractivity (Wildman–Crippen MR) is 94.3 cm³/mol. The number of aromatic nitrogens is 2. The van der Waals surface area contributed by atoms with E-state index in [9.17, 15) is 4.39 Å². The Kier molecular flexibility index (Phi) is 5.29. The first kappa shape index (κ1) is 18.4. The van der Waals surface area contributed by atoms with Gasteiger partial charge in [-0.05, 0) is 49.2 Å². The summed E-state index contributed by atoms with van der Waals surface area (Å²) in [6.07, 6.45) is 3.87. The van der Waals surface area contributed by atoms with Crippen LogP contribution in [-0.2, 0) is 12.1 Å². The predicted octanol–water partition coefficient (Wildman–Crippen LogP) is 4.20. The lowest BCUT2D eigenvalue weighted by atomic mass is 9.99. The van der Waals surface area contributed by atoms with E-state index in [0.29, 0.717) is 29.0 Å². The van der Waals surface area contributed by atoms with Gasteiger partial charge in [0.05, 0.1) is 5.54 Å². The Bertz CT molecular complexity index is 857. The quantitative estimate of drug-likeness (QED) is 0.714.